The first-order valence-corrected chi connectivity index (χ1v) is 9.35. The maximum Gasteiger partial charge on any atom is 0.188 e. The van der Waals surface area contributed by atoms with Crippen LogP contribution in [0.3, 0.4) is 0 Å². The molecule has 0 atom stereocenters. The molecule has 0 fully saturated rings. The second-order valence-corrected chi connectivity index (χ2v) is 6.91. The number of aryl methyl sites for hydroxylation is 1. The van der Waals surface area contributed by atoms with E-state index in [2.05, 4.69) is 29.4 Å². The molecule has 0 bridgehead atoms. The lowest BCUT2D eigenvalue weighted by molar-refractivity contribution is 0.103. The summed E-state index contributed by atoms with van der Waals surface area (Å²) in [4.78, 5) is 12.3. The van der Waals surface area contributed by atoms with Gasteiger partial charge in [-0.3, -0.25) is 4.79 Å². The fourth-order valence-electron chi connectivity index (χ4n) is 2.57. The van der Waals surface area contributed by atoms with Gasteiger partial charge < -0.3 is 10.1 Å². The number of benzene rings is 2. The van der Waals surface area contributed by atoms with Crippen LogP contribution in [0.15, 0.2) is 77.4 Å². The molecule has 0 amide bonds. The molecular weight excluding hydrogens is 342 g/mol. The molecule has 2 aromatic carbocycles. The van der Waals surface area contributed by atoms with Crippen molar-refractivity contribution in [3.63, 3.8) is 0 Å². The molecule has 0 unspecified atom stereocenters. The Morgan fingerprint density at radius 3 is 2.69 bits per heavy atom. The third-order valence-corrected chi connectivity index (χ3v) is 4.94. The Morgan fingerprint density at radius 2 is 2.00 bits per heavy atom. The summed E-state index contributed by atoms with van der Waals surface area (Å²) in [5.74, 6) is 0.698. The van der Waals surface area contributed by atoms with E-state index in [0.29, 0.717) is 23.3 Å². The lowest BCUT2D eigenvalue weighted by atomic mass is 9.98. The molecule has 1 N–H and O–H groups in total. The molecule has 2 aromatic rings. The number of rotatable bonds is 6. The Kier molecular flexibility index (Phi) is 5.64. The molecule has 4 heteroatoms. The second kappa shape index (κ2) is 8.11. The van der Waals surface area contributed by atoms with Crippen LogP contribution in [0.25, 0.3) is 5.70 Å². The van der Waals surface area contributed by atoms with Crippen molar-refractivity contribution in [1.29, 1.82) is 0 Å². The average molecular weight is 363 g/mol. The summed E-state index contributed by atoms with van der Waals surface area (Å²) in [6, 6.07) is 15.6. The maximum absolute atomic E-state index is 12.3. The minimum atomic E-state index is -0.000349. The van der Waals surface area contributed by atoms with E-state index in [1.54, 1.807) is 24.1 Å². The molecule has 0 aliphatic carbocycles. The van der Waals surface area contributed by atoms with E-state index in [1.165, 1.54) is 0 Å². The van der Waals surface area contributed by atoms with Gasteiger partial charge in [-0.2, -0.15) is 0 Å². The van der Waals surface area contributed by atoms with Crippen LogP contribution in [0.2, 0.25) is 0 Å². The van der Waals surface area contributed by atoms with Gasteiger partial charge in [0.2, 0.25) is 0 Å². The number of hydrogen-bond donors (Lipinski definition) is 1. The molecule has 0 aromatic heterocycles. The third-order valence-electron chi connectivity index (χ3n) is 4.14. The molecule has 1 heterocycles. The Bertz CT molecular complexity index is 898. The van der Waals surface area contributed by atoms with Gasteiger partial charge in [-0.1, -0.05) is 55.6 Å². The van der Waals surface area contributed by atoms with Gasteiger partial charge in [0, 0.05) is 11.0 Å². The van der Waals surface area contributed by atoms with E-state index in [9.17, 15) is 4.79 Å². The molecule has 0 saturated carbocycles. The van der Waals surface area contributed by atoms with Crippen LogP contribution in [0.4, 0.5) is 0 Å². The quantitative estimate of drug-likeness (QED) is 0.408. The summed E-state index contributed by atoms with van der Waals surface area (Å²) in [5, 5.41) is 6.32. The normalized spacial score (nSPS) is 14.7. The lowest BCUT2D eigenvalue weighted by Gasteiger charge is -2.09. The fraction of sp³-hybridized carbons (Fsp3) is 0.136. The Hall–Kier alpha value is -2.72. The number of carbonyl (C=O) groups is 1. The van der Waals surface area contributed by atoms with E-state index in [4.69, 9.17) is 4.74 Å². The molecule has 0 spiro atoms. The Morgan fingerprint density at radius 1 is 1.23 bits per heavy atom. The largest absolute Gasteiger partial charge is 0.462 e. The van der Waals surface area contributed by atoms with Crippen molar-refractivity contribution < 1.29 is 9.53 Å². The number of thioether (sulfide) groups is 1. The number of ether oxygens (including phenoxy) is 1. The number of hydrogen-bond acceptors (Lipinski definition) is 4. The van der Waals surface area contributed by atoms with Gasteiger partial charge in [-0.25, -0.2) is 0 Å². The summed E-state index contributed by atoms with van der Waals surface area (Å²) < 4.78 is 5.76. The fourth-order valence-corrected chi connectivity index (χ4v) is 3.28. The van der Waals surface area contributed by atoms with Crippen molar-refractivity contribution in [2.24, 2.45) is 0 Å². The zero-order valence-electron chi connectivity index (χ0n) is 14.9. The Labute approximate surface area is 158 Å². The molecule has 0 saturated heterocycles. The summed E-state index contributed by atoms with van der Waals surface area (Å²) in [6.07, 6.45) is 2.35. The molecular formula is C22H21NO2S. The number of ketones is 1. The van der Waals surface area contributed by atoms with Gasteiger partial charge in [0.05, 0.1) is 5.70 Å². The van der Waals surface area contributed by atoms with Crippen LogP contribution >= 0.6 is 11.8 Å². The highest BCUT2D eigenvalue weighted by Crippen LogP contribution is 2.30. The van der Waals surface area contributed by atoms with Crippen molar-refractivity contribution >= 4 is 23.2 Å². The van der Waals surface area contributed by atoms with Crippen LogP contribution in [0.1, 0.15) is 34.8 Å². The van der Waals surface area contributed by atoms with Gasteiger partial charge in [-0.05, 0) is 48.2 Å². The molecule has 3 nitrogen and oxygen atoms in total. The van der Waals surface area contributed by atoms with Crippen molar-refractivity contribution in [3.05, 3.63) is 94.1 Å². The monoisotopic (exact) mass is 363 g/mol. The number of Topliss-reactive ketones (excluding diaryl/α,β-unsaturated/α-hetero) is 1. The SMILES string of the molecule is C=C(CC)C(=O)c1ccc(O/C=C2\NC(c3ccccc3)=CS2)cc1C. The molecule has 3 rings (SSSR count). The van der Waals surface area contributed by atoms with Crippen LogP contribution in [-0.4, -0.2) is 5.78 Å². The van der Waals surface area contributed by atoms with Crippen molar-refractivity contribution in [2.45, 2.75) is 20.3 Å². The predicted molar refractivity (Wildman–Crippen MR) is 109 cm³/mol. The summed E-state index contributed by atoms with van der Waals surface area (Å²) >= 11 is 1.58. The van der Waals surface area contributed by atoms with Crippen LogP contribution in [-0.2, 0) is 0 Å². The zero-order chi connectivity index (χ0) is 18.5. The molecule has 26 heavy (non-hydrogen) atoms. The number of nitrogens with one attached hydrogen (secondary N) is 1. The minimum absolute atomic E-state index is 0.000349. The van der Waals surface area contributed by atoms with E-state index in [0.717, 1.165) is 21.9 Å². The molecule has 0 radical (unpaired) electrons. The van der Waals surface area contributed by atoms with Gasteiger partial charge in [0.15, 0.2) is 5.78 Å². The number of carbonyl (C=O) groups excluding carboxylic acids is 1. The highest BCUT2D eigenvalue weighted by atomic mass is 32.2. The van der Waals surface area contributed by atoms with Crippen molar-refractivity contribution in [3.8, 4) is 5.75 Å². The maximum atomic E-state index is 12.3. The lowest BCUT2D eigenvalue weighted by Crippen LogP contribution is -2.06. The van der Waals surface area contributed by atoms with Gasteiger partial charge in [0.1, 0.15) is 17.0 Å². The topological polar surface area (TPSA) is 38.3 Å². The highest BCUT2D eigenvalue weighted by molar-refractivity contribution is 8.06. The molecule has 1 aliphatic heterocycles. The van der Waals surface area contributed by atoms with E-state index in [-0.39, 0.29) is 5.78 Å². The summed E-state index contributed by atoms with van der Waals surface area (Å²) in [5.41, 5.74) is 4.38. The third kappa shape index (κ3) is 4.09. The van der Waals surface area contributed by atoms with Gasteiger partial charge >= 0.3 is 0 Å². The first-order chi connectivity index (χ1) is 12.6. The van der Waals surface area contributed by atoms with E-state index in [1.807, 2.05) is 44.2 Å². The summed E-state index contributed by atoms with van der Waals surface area (Å²) in [6.45, 7) is 7.67. The summed E-state index contributed by atoms with van der Waals surface area (Å²) in [7, 11) is 0. The predicted octanol–water partition coefficient (Wildman–Crippen LogP) is 5.66. The van der Waals surface area contributed by atoms with Crippen LogP contribution in [0.5, 0.6) is 5.75 Å². The zero-order valence-corrected chi connectivity index (χ0v) is 15.7. The first kappa shape index (κ1) is 18.1. The number of allylic oxidation sites excluding steroid dienone is 1. The Balaban J connectivity index is 1.66. The van der Waals surface area contributed by atoms with Crippen LogP contribution < -0.4 is 10.1 Å². The van der Waals surface area contributed by atoms with E-state index >= 15 is 0 Å². The van der Waals surface area contributed by atoms with E-state index < -0.39 is 0 Å². The van der Waals surface area contributed by atoms with Crippen molar-refractivity contribution in [2.75, 3.05) is 0 Å². The minimum Gasteiger partial charge on any atom is -0.462 e. The molecule has 1 aliphatic rings. The van der Waals surface area contributed by atoms with Crippen molar-refractivity contribution in [1.82, 2.24) is 5.32 Å². The highest BCUT2D eigenvalue weighted by Gasteiger charge is 2.13. The smallest absolute Gasteiger partial charge is 0.188 e. The first-order valence-electron chi connectivity index (χ1n) is 8.47. The van der Waals surface area contributed by atoms with Gasteiger partial charge in [-0.15, -0.1) is 0 Å². The average Bonchev–Trinajstić information content (AvgIpc) is 3.15. The van der Waals surface area contributed by atoms with Gasteiger partial charge in [0.25, 0.3) is 0 Å². The molecule has 132 valence electrons. The standard InChI is InChI=1S/C22H21NO2S/c1-4-15(2)22(24)19-11-10-18(12-16(19)3)25-13-21-23-20(14-26-21)17-8-6-5-7-9-17/h5-14,23H,2,4H2,1,3H3/b21-13+. The van der Waals surface area contributed by atoms with Crippen LogP contribution in [0, 0.1) is 6.92 Å². The second-order valence-electron chi connectivity index (χ2n) is 6.00.